The standard InChI is InChI=1S/C14H21N3O3/c1-9-10(2)16-17-12(9)15-11(18)8-14(13(19)20)6-4-3-5-7-14/h3-8H2,1-2H3,(H,19,20)(H2,15,16,17,18). The molecule has 1 aliphatic rings. The fourth-order valence-corrected chi connectivity index (χ4v) is 2.79. The lowest BCUT2D eigenvalue weighted by atomic mass is 9.71. The van der Waals surface area contributed by atoms with Crippen molar-refractivity contribution in [3.8, 4) is 0 Å². The first kappa shape index (κ1) is 14.6. The average Bonchev–Trinajstić information content (AvgIpc) is 2.71. The van der Waals surface area contributed by atoms with Crippen molar-refractivity contribution in [1.29, 1.82) is 0 Å². The van der Waals surface area contributed by atoms with Crippen molar-refractivity contribution in [2.24, 2.45) is 5.41 Å². The molecule has 6 nitrogen and oxygen atoms in total. The van der Waals surface area contributed by atoms with E-state index in [1.54, 1.807) is 0 Å². The van der Waals surface area contributed by atoms with Crippen LogP contribution in [0.1, 0.15) is 49.8 Å². The van der Waals surface area contributed by atoms with Gasteiger partial charge in [0.2, 0.25) is 5.91 Å². The summed E-state index contributed by atoms with van der Waals surface area (Å²) < 4.78 is 0. The maximum Gasteiger partial charge on any atom is 0.310 e. The molecule has 0 spiro atoms. The summed E-state index contributed by atoms with van der Waals surface area (Å²) in [5.74, 6) is -0.643. The van der Waals surface area contributed by atoms with Gasteiger partial charge in [0.05, 0.1) is 5.41 Å². The van der Waals surface area contributed by atoms with Gasteiger partial charge in [-0.25, -0.2) is 0 Å². The highest BCUT2D eigenvalue weighted by Crippen LogP contribution is 2.39. The molecule has 1 fully saturated rings. The van der Waals surface area contributed by atoms with E-state index in [0.29, 0.717) is 18.7 Å². The molecule has 110 valence electrons. The lowest BCUT2D eigenvalue weighted by molar-refractivity contribution is -0.153. The number of aryl methyl sites for hydroxylation is 1. The molecule has 0 aliphatic heterocycles. The number of rotatable bonds is 4. The summed E-state index contributed by atoms with van der Waals surface area (Å²) in [5, 5.41) is 19.0. The molecule has 2 rings (SSSR count). The highest BCUT2D eigenvalue weighted by molar-refractivity contribution is 5.94. The Kier molecular flexibility index (Phi) is 4.11. The van der Waals surface area contributed by atoms with E-state index in [1.807, 2.05) is 13.8 Å². The van der Waals surface area contributed by atoms with Crippen LogP contribution >= 0.6 is 0 Å². The number of carbonyl (C=O) groups is 2. The van der Waals surface area contributed by atoms with Gasteiger partial charge in [-0.15, -0.1) is 0 Å². The molecule has 1 aromatic heterocycles. The van der Waals surface area contributed by atoms with Crippen LogP contribution < -0.4 is 5.32 Å². The first-order valence-corrected chi connectivity index (χ1v) is 6.99. The Labute approximate surface area is 118 Å². The number of carboxylic acids is 1. The topological polar surface area (TPSA) is 95.1 Å². The van der Waals surface area contributed by atoms with Crippen molar-refractivity contribution in [2.45, 2.75) is 52.4 Å². The highest BCUT2D eigenvalue weighted by atomic mass is 16.4. The maximum atomic E-state index is 12.1. The quantitative estimate of drug-likeness (QED) is 0.788. The predicted octanol–water partition coefficient (Wildman–Crippen LogP) is 2.39. The van der Waals surface area contributed by atoms with Gasteiger partial charge in [-0.2, -0.15) is 5.10 Å². The summed E-state index contributed by atoms with van der Waals surface area (Å²) in [6, 6.07) is 0. The zero-order valence-electron chi connectivity index (χ0n) is 12.0. The molecule has 0 atom stereocenters. The second kappa shape index (κ2) is 5.64. The van der Waals surface area contributed by atoms with E-state index in [9.17, 15) is 14.7 Å². The van der Waals surface area contributed by atoms with E-state index >= 15 is 0 Å². The van der Waals surface area contributed by atoms with Gasteiger partial charge in [0.1, 0.15) is 0 Å². The van der Waals surface area contributed by atoms with Crippen LogP contribution in [-0.2, 0) is 9.59 Å². The number of aromatic amines is 1. The Hall–Kier alpha value is -1.85. The van der Waals surface area contributed by atoms with Crippen LogP contribution in [0.4, 0.5) is 5.82 Å². The minimum absolute atomic E-state index is 0.0215. The van der Waals surface area contributed by atoms with Crippen molar-refractivity contribution in [1.82, 2.24) is 10.2 Å². The van der Waals surface area contributed by atoms with Crippen molar-refractivity contribution in [3.05, 3.63) is 11.3 Å². The van der Waals surface area contributed by atoms with Gasteiger partial charge >= 0.3 is 5.97 Å². The van der Waals surface area contributed by atoms with E-state index in [4.69, 9.17) is 0 Å². The molecule has 6 heteroatoms. The molecule has 0 saturated heterocycles. The van der Waals surface area contributed by atoms with E-state index in [1.165, 1.54) is 0 Å². The maximum absolute atomic E-state index is 12.1. The molecule has 0 aromatic carbocycles. The van der Waals surface area contributed by atoms with E-state index < -0.39 is 11.4 Å². The minimum atomic E-state index is -0.901. The second-order valence-electron chi connectivity index (χ2n) is 5.69. The van der Waals surface area contributed by atoms with Crippen LogP contribution in [-0.4, -0.2) is 27.2 Å². The average molecular weight is 279 g/mol. The number of nitrogens with one attached hydrogen (secondary N) is 2. The summed E-state index contributed by atoms with van der Waals surface area (Å²) >= 11 is 0. The van der Waals surface area contributed by atoms with Crippen LogP contribution in [0.2, 0.25) is 0 Å². The van der Waals surface area contributed by atoms with Gasteiger partial charge in [-0.1, -0.05) is 19.3 Å². The van der Waals surface area contributed by atoms with Crippen molar-refractivity contribution in [2.75, 3.05) is 5.32 Å². The Morgan fingerprint density at radius 3 is 2.45 bits per heavy atom. The number of aliphatic carboxylic acids is 1. The van der Waals surface area contributed by atoms with Gasteiger partial charge < -0.3 is 10.4 Å². The van der Waals surface area contributed by atoms with E-state index in [-0.39, 0.29) is 12.3 Å². The molecule has 0 radical (unpaired) electrons. The summed E-state index contributed by atoms with van der Waals surface area (Å²) in [6.45, 7) is 3.74. The third kappa shape index (κ3) is 2.84. The van der Waals surface area contributed by atoms with Gasteiger partial charge in [0.25, 0.3) is 0 Å². The normalized spacial score (nSPS) is 17.7. The molecule has 1 saturated carbocycles. The van der Waals surface area contributed by atoms with Crippen LogP contribution in [0.3, 0.4) is 0 Å². The van der Waals surface area contributed by atoms with Crippen molar-refractivity contribution < 1.29 is 14.7 Å². The van der Waals surface area contributed by atoms with Crippen LogP contribution in [0.5, 0.6) is 0 Å². The number of amides is 1. The summed E-state index contributed by atoms with van der Waals surface area (Å²) in [6.07, 6.45) is 3.98. The van der Waals surface area contributed by atoms with E-state index in [0.717, 1.165) is 30.5 Å². The Balaban J connectivity index is 2.05. The minimum Gasteiger partial charge on any atom is -0.481 e. The number of hydrogen-bond donors (Lipinski definition) is 3. The Bertz CT molecular complexity index is 516. The summed E-state index contributed by atoms with van der Waals surface area (Å²) in [4.78, 5) is 23.7. The number of aromatic nitrogens is 2. The largest absolute Gasteiger partial charge is 0.481 e. The number of carbonyl (C=O) groups excluding carboxylic acids is 1. The van der Waals surface area contributed by atoms with Gasteiger partial charge in [-0.05, 0) is 26.7 Å². The van der Waals surface area contributed by atoms with Crippen molar-refractivity contribution in [3.63, 3.8) is 0 Å². The highest BCUT2D eigenvalue weighted by Gasteiger charge is 2.41. The predicted molar refractivity (Wildman–Crippen MR) is 74.5 cm³/mol. The van der Waals surface area contributed by atoms with Gasteiger partial charge in [0.15, 0.2) is 5.82 Å². The van der Waals surface area contributed by atoms with Crippen LogP contribution in [0.25, 0.3) is 0 Å². The smallest absolute Gasteiger partial charge is 0.310 e. The lowest BCUT2D eigenvalue weighted by Crippen LogP contribution is -2.37. The first-order chi connectivity index (χ1) is 9.44. The molecule has 20 heavy (non-hydrogen) atoms. The number of hydrogen-bond acceptors (Lipinski definition) is 3. The molecule has 1 aliphatic carbocycles. The summed E-state index contributed by atoms with van der Waals surface area (Å²) in [7, 11) is 0. The lowest BCUT2D eigenvalue weighted by Gasteiger charge is -2.32. The van der Waals surface area contributed by atoms with Gasteiger partial charge in [0, 0.05) is 17.7 Å². The molecule has 0 unspecified atom stereocenters. The SMILES string of the molecule is Cc1[nH]nc(NC(=O)CC2(C(=O)O)CCCCC2)c1C. The van der Waals surface area contributed by atoms with Crippen LogP contribution in [0.15, 0.2) is 0 Å². The molecule has 3 N–H and O–H groups in total. The third-order valence-electron chi connectivity index (χ3n) is 4.27. The zero-order valence-corrected chi connectivity index (χ0v) is 12.0. The number of nitrogens with zero attached hydrogens (tertiary/aromatic N) is 1. The Morgan fingerprint density at radius 1 is 1.30 bits per heavy atom. The number of carboxylic acid groups (broad SMARTS) is 1. The molecule has 1 aromatic rings. The zero-order chi connectivity index (χ0) is 14.8. The number of anilines is 1. The number of H-pyrrole nitrogens is 1. The van der Waals surface area contributed by atoms with Gasteiger partial charge in [-0.3, -0.25) is 14.7 Å². The third-order valence-corrected chi connectivity index (χ3v) is 4.27. The molecular formula is C14H21N3O3. The molecule has 1 amide bonds. The molecular weight excluding hydrogens is 258 g/mol. The molecule has 1 heterocycles. The summed E-state index contributed by atoms with van der Waals surface area (Å²) in [5.41, 5.74) is 0.874. The van der Waals surface area contributed by atoms with Crippen LogP contribution in [0, 0.1) is 19.3 Å². The van der Waals surface area contributed by atoms with Crippen molar-refractivity contribution >= 4 is 17.7 Å². The Morgan fingerprint density at radius 2 is 1.95 bits per heavy atom. The second-order valence-corrected chi connectivity index (χ2v) is 5.69. The molecule has 0 bridgehead atoms. The fourth-order valence-electron chi connectivity index (χ4n) is 2.79. The van der Waals surface area contributed by atoms with E-state index in [2.05, 4.69) is 15.5 Å². The fraction of sp³-hybridized carbons (Fsp3) is 0.643. The first-order valence-electron chi connectivity index (χ1n) is 6.99. The monoisotopic (exact) mass is 279 g/mol.